The molecule has 26 heavy (non-hydrogen) atoms. The van der Waals surface area contributed by atoms with Gasteiger partial charge in [0.15, 0.2) is 0 Å². The summed E-state index contributed by atoms with van der Waals surface area (Å²) in [5.41, 5.74) is 14.0. The zero-order chi connectivity index (χ0) is 19.9. The van der Waals surface area contributed by atoms with Crippen LogP contribution in [-0.4, -0.2) is 30.5 Å². The number of aliphatic imine (C=N–C) groups is 2. The quantitative estimate of drug-likeness (QED) is 0.192. The lowest BCUT2D eigenvalue weighted by atomic mass is 10.3. The van der Waals surface area contributed by atoms with E-state index in [0.717, 1.165) is 16.3 Å². The highest BCUT2D eigenvalue weighted by Gasteiger charge is 2.07. The molecule has 0 spiro atoms. The lowest BCUT2D eigenvalue weighted by molar-refractivity contribution is -0.114. The summed E-state index contributed by atoms with van der Waals surface area (Å²) < 4.78 is 0. The maximum Gasteiger partial charge on any atom is 0.126 e. The highest BCUT2D eigenvalue weighted by atomic mass is 35.5. The number of nitrogens with two attached hydrogens (primary N) is 2. The number of carbonyl (C=O) groups is 1. The van der Waals surface area contributed by atoms with Gasteiger partial charge in [-0.05, 0) is 44.6 Å². The van der Waals surface area contributed by atoms with Crippen molar-refractivity contribution in [1.82, 2.24) is 5.32 Å². The van der Waals surface area contributed by atoms with Crippen molar-refractivity contribution in [2.24, 2.45) is 21.5 Å². The Hall–Kier alpha value is -1.48. The van der Waals surface area contributed by atoms with Gasteiger partial charge in [-0.1, -0.05) is 11.6 Å². The molecule has 1 heterocycles. The molecular weight excluding hydrogens is 390 g/mol. The van der Waals surface area contributed by atoms with Gasteiger partial charge < -0.3 is 21.6 Å². The highest BCUT2D eigenvalue weighted by Crippen LogP contribution is 2.27. The Bertz CT molecular complexity index is 641. The first kappa shape index (κ1) is 24.5. The fourth-order valence-electron chi connectivity index (χ4n) is 1.53. The molecule has 0 amide bonds. The molecule has 144 valence electrons. The molecule has 0 saturated heterocycles. The van der Waals surface area contributed by atoms with E-state index < -0.39 is 0 Å². The molecule has 0 unspecified atom stereocenters. The Morgan fingerprint density at radius 3 is 2.65 bits per heavy atom. The van der Waals surface area contributed by atoms with Crippen LogP contribution in [-0.2, 0) is 4.79 Å². The van der Waals surface area contributed by atoms with Gasteiger partial charge in [-0.15, -0.1) is 23.5 Å². The molecule has 5 N–H and O–H groups in total. The number of hydrogen-bond donors (Lipinski definition) is 3. The van der Waals surface area contributed by atoms with Gasteiger partial charge in [0.25, 0.3) is 0 Å². The molecule has 0 aromatic rings. The zero-order valence-corrected chi connectivity index (χ0v) is 17.8. The molecule has 0 aliphatic carbocycles. The van der Waals surface area contributed by atoms with Crippen LogP contribution in [0.2, 0.25) is 0 Å². The summed E-state index contributed by atoms with van der Waals surface area (Å²) in [6.07, 6.45) is 9.61. The van der Waals surface area contributed by atoms with Crippen molar-refractivity contribution in [1.29, 1.82) is 0 Å². The van der Waals surface area contributed by atoms with E-state index in [2.05, 4.69) is 15.3 Å². The van der Waals surface area contributed by atoms with Gasteiger partial charge in [0.2, 0.25) is 0 Å². The number of rotatable bonds is 7. The van der Waals surface area contributed by atoms with Gasteiger partial charge >= 0.3 is 0 Å². The van der Waals surface area contributed by atoms with E-state index >= 15 is 0 Å². The summed E-state index contributed by atoms with van der Waals surface area (Å²) >= 11 is 8.87. The predicted molar refractivity (Wildman–Crippen MR) is 118 cm³/mol. The minimum absolute atomic E-state index is 0.167. The average molecular weight is 416 g/mol. The molecule has 1 rings (SSSR count). The normalized spacial score (nSPS) is 15.4. The molecule has 6 nitrogen and oxygen atoms in total. The van der Waals surface area contributed by atoms with Crippen molar-refractivity contribution >= 4 is 53.5 Å². The van der Waals surface area contributed by atoms with Crippen LogP contribution in [0.3, 0.4) is 0 Å². The summed E-state index contributed by atoms with van der Waals surface area (Å²) in [6.45, 7) is 4.90. The third kappa shape index (κ3) is 12.0. The van der Waals surface area contributed by atoms with Crippen LogP contribution >= 0.6 is 35.1 Å². The first-order chi connectivity index (χ1) is 12.3. The third-order valence-electron chi connectivity index (χ3n) is 2.47. The smallest absolute Gasteiger partial charge is 0.126 e. The van der Waals surface area contributed by atoms with Crippen LogP contribution in [0.15, 0.2) is 54.7 Å². The van der Waals surface area contributed by atoms with E-state index in [1.165, 1.54) is 25.6 Å². The van der Waals surface area contributed by atoms with Crippen LogP contribution in [0.4, 0.5) is 0 Å². The summed E-state index contributed by atoms with van der Waals surface area (Å²) in [4.78, 5) is 18.8. The Morgan fingerprint density at radius 1 is 1.46 bits per heavy atom. The number of thioether (sulfide) groups is 2. The monoisotopic (exact) mass is 415 g/mol. The van der Waals surface area contributed by atoms with Gasteiger partial charge in [-0.3, -0.25) is 0 Å². The first-order valence-electron chi connectivity index (χ1n) is 7.69. The number of hydrogen-bond acceptors (Lipinski definition) is 7. The number of halogens is 1. The molecule has 1 aliphatic heterocycles. The third-order valence-corrected chi connectivity index (χ3v) is 4.16. The Balaban J connectivity index is 0.00000141. The van der Waals surface area contributed by atoms with Gasteiger partial charge in [0, 0.05) is 29.9 Å². The Labute approximate surface area is 169 Å². The van der Waals surface area contributed by atoms with E-state index in [-0.39, 0.29) is 5.78 Å². The molecule has 0 aromatic carbocycles. The van der Waals surface area contributed by atoms with Crippen molar-refractivity contribution in [3.63, 3.8) is 0 Å². The molecule has 0 fully saturated rings. The van der Waals surface area contributed by atoms with Gasteiger partial charge in [0.1, 0.15) is 10.9 Å². The number of nitrogens with one attached hydrogen (secondary N) is 1. The maximum atomic E-state index is 9.44. The largest absolute Gasteiger partial charge is 0.401 e. The van der Waals surface area contributed by atoms with Crippen molar-refractivity contribution in [3.8, 4) is 0 Å². The zero-order valence-electron chi connectivity index (χ0n) is 15.5. The summed E-state index contributed by atoms with van der Waals surface area (Å²) in [5.74, 6) is 0.615. The fourth-order valence-corrected chi connectivity index (χ4v) is 2.80. The average Bonchev–Trinajstić information content (AvgIpc) is 2.76. The molecule has 1 aliphatic rings. The van der Waals surface area contributed by atoms with Crippen molar-refractivity contribution in [2.75, 3.05) is 12.1 Å². The van der Waals surface area contributed by atoms with E-state index in [0.29, 0.717) is 23.2 Å². The van der Waals surface area contributed by atoms with Crippen LogP contribution in [0.1, 0.15) is 27.2 Å². The van der Waals surface area contributed by atoms with Crippen LogP contribution in [0.5, 0.6) is 0 Å². The summed E-state index contributed by atoms with van der Waals surface area (Å²) in [5, 5.41) is 5.55. The lowest BCUT2D eigenvalue weighted by Gasteiger charge is -2.09. The van der Waals surface area contributed by atoms with Gasteiger partial charge in [-0.25, -0.2) is 9.98 Å². The molecule has 0 aromatic heterocycles. The second kappa shape index (κ2) is 14.7. The van der Waals surface area contributed by atoms with Gasteiger partial charge in [0.05, 0.1) is 16.9 Å². The predicted octanol–water partition coefficient (Wildman–Crippen LogP) is 3.68. The fraction of sp³-hybridized carbons (Fsp3) is 0.353. The van der Waals surface area contributed by atoms with Crippen molar-refractivity contribution < 1.29 is 4.79 Å². The van der Waals surface area contributed by atoms with Crippen LogP contribution in [0.25, 0.3) is 0 Å². The van der Waals surface area contributed by atoms with E-state index in [1.807, 2.05) is 30.7 Å². The minimum Gasteiger partial charge on any atom is -0.401 e. The minimum atomic E-state index is 0.167. The number of nitrogens with zero attached hydrogens (tertiary/aromatic N) is 2. The van der Waals surface area contributed by atoms with Crippen molar-refractivity contribution in [3.05, 3.63) is 44.7 Å². The maximum absolute atomic E-state index is 9.44. The molecule has 0 radical (unpaired) electrons. The Kier molecular flexibility index (Phi) is 13.8. The first-order valence-corrected chi connectivity index (χ1v) is 10.3. The number of Topliss-reactive ketones (excluding diaryl/α,β-unsaturated/α-hetero) is 1. The summed E-state index contributed by atoms with van der Waals surface area (Å²) in [7, 11) is 0. The Morgan fingerprint density at radius 2 is 2.12 bits per heavy atom. The number of carbonyl (C=O) groups excluding carboxylic acids is 1. The van der Waals surface area contributed by atoms with E-state index in [9.17, 15) is 4.79 Å². The van der Waals surface area contributed by atoms with E-state index in [4.69, 9.17) is 23.1 Å². The molecule has 0 bridgehead atoms. The van der Waals surface area contributed by atoms with Crippen LogP contribution < -0.4 is 16.8 Å². The van der Waals surface area contributed by atoms with Crippen molar-refractivity contribution in [2.45, 2.75) is 27.2 Å². The number of allylic oxidation sites excluding steroid dienone is 3. The van der Waals surface area contributed by atoms with E-state index in [1.54, 1.807) is 24.3 Å². The molecule has 0 atom stereocenters. The summed E-state index contributed by atoms with van der Waals surface area (Å²) in [6, 6.07) is 0. The second-order valence-electron chi connectivity index (χ2n) is 5.07. The highest BCUT2D eigenvalue weighted by molar-refractivity contribution is 8.03. The van der Waals surface area contributed by atoms with Gasteiger partial charge in [-0.2, -0.15) is 0 Å². The molecule has 0 saturated carbocycles. The SMILES string of the molecule is CC(C)=O.CS/C=C(N=CNC1=CC=NC(Cl)=CC1)/C(SCN)=C(\C)N. The number of ketones is 1. The topological polar surface area (TPSA) is 106 Å². The second-order valence-corrected chi connectivity index (χ2v) is 7.20. The van der Waals surface area contributed by atoms with Crippen LogP contribution in [0, 0.1) is 0 Å². The molecule has 9 heteroatoms. The molecular formula is C17H26ClN5OS2. The lowest BCUT2D eigenvalue weighted by Crippen LogP contribution is -2.11. The standard InChI is InChI=1S/C14H20ClN5S2.C3H6O/c1-10(17)14(22-8-16)12(7-21-2)20-9-19-11-3-4-13(15)18-6-5-11;1-3(2)4/h4-7,9H,3,8,16-17H2,1-2H3,(H,19,20);1-2H3/b12-7-,14-10-;.